The van der Waals surface area contributed by atoms with Crippen LogP contribution in [0.5, 0.6) is 0 Å². The first-order valence-corrected chi connectivity index (χ1v) is 6.99. The van der Waals surface area contributed by atoms with Gasteiger partial charge in [-0.05, 0) is 38.5 Å². The largest absolute Gasteiger partial charge is 0.392 e. The van der Waals surface area contributed by atoms with Crippen LogP contribution in [0, 0.1) is 17.3 Å². The predicted molar refractivity (Wildman–Crippen MR) is 71.1 cm³/mol. The Hall–Kier alpha value is -0.440. The van der Waals surface area contributed by atoms with E-state index >= 15 is 0 Å². The lowest BCUT2D eigenvalue weighted by Gasteiger charge is -2.40. The second-order valence-corrected chi connectivity index (χ2v) is 6.94. The number of halogens is 1. The van der Waals surface area contributed by atoms with Crippen molar-refractivity contribution in [3.8, 4) is 0 Å². The summed E-state index contributed by atoms with van der Waals surface area (Å²) < 4.78 is 13.7. The van der Waals surface area contributed by atoms with Gasteiger partial charge < -0.3 is 5.11 Å². The van der Waals surface area contributed by atoms with Crippen LogP contribution < -0.4 is 0 Å². The maximum atomic E-state index is 13.7. The van der Waals surface area contributed by atoms with Crippen LogP contribution in [-0.4, -0.2) is 22.7 Å². The Balaban J connectivity index is 2.70. The minimum Gasteiger partial charge on any atom is -0.392 e. The number of carbonyl (C=O) groups excluding carboxylic acids is 1. The molecule has 1 unspecified atom stereocenters. The summed E-state index contributed by atoms with van der Waals surface area (Å²) >= 11 is 0. The van der Waals surface area contributed by atoms with Gasteiger partial charge in [0.25, 0.3) is 0 Å². The number of hydrogen-bond acceptors (Lipinski definition) is 2. The zero-order valence-electron chi connectivity index (χ0n) is 12.3. The SMILES string of the molecule is CC(C)C(=O)C(C)(C)C(O)C1CCC(C)(F)CC1. The fourth-order valence-corrected chi connectivity index (χ4v) is 3.04. The second-order valence-electron chi connectivity index (χ2n) is 6.94. The minimum absolute atomic E-state index is 0.0477. The third-order valence-electron chi connectivity index (χ3n) is 4.42. The minimum atomic E-state index is -1.09. The molecule has 18 heavy (non-hydrogen) atoms. The summed E-state index contributed by atoms with van der Waals surface area (Å²) in [5.74, 6) is 0.0554. The summed E-state index contributed by atoms with van der Waals surface area (Å²) in [5.41, 5.74) is -1.83. The van der Waals surface area contributed by atoms with Gasteiger partial charge in [-0.25, -0.2) is 4.39 Å². The lowest BCUT2D eigenvalue weighted by molar-refractivity contribution is -0.140. The van der Waals surface area contributed by atoms with E-state index in [4.69, 9.17) is 0 Å². The van der Waals surface area contributed by atoms with Crippen molar-refractivity contribution in [3.05, 3.63) is 0 Å². The topological polar surface area (TPSA) is 37.3 Å². The third-order valence-corrected chi connectivity index (χ3v) is 4.42. The number of alkyl halides is 1. The molecule has 1 rings (SSSR count). The van der Waals surface area contributed by atoms with Gasteiger partial charge >= 0.3 is 0 Å². The van der Waals surface area contributed by atoms with Crippen molar-refractivity contribution in [2.45, 2.75) is 72.1 Å². The summed E-state index contributed by atoms with van der Waals surface area (Å²) in [6.45, 7) is 8.96. The van der Waals surface area contributed by atoms with Crippen LogP contribution in [0.2, 0.25) is 0 Å². The normalized spacial score (nSPS) is 31.4. The Labute approximate surface area is 110 Å². The Morgan fingerprint density at radius 3 is 2.17 bits per heavy atom. The van der Waals surface area contributed by atoms with E-state index in [1.165, 1.54) is 0 Å². The van der Waals surface area contributed by atoms with Crippen LogP contribution in [-0.2, 0) is 4.79 Å². The van der Waals surface area contributed by atoms with E-state index in [1.807, 2.05) is 27.7 Å². The zero-order valence-corrected chi connectivity index (χ0v) is 12.3. The van der Waals surface area contributed by atoms with Crippen molar-refractivity contribution >= 4 is 5.78 Å². The molecule has 0 bridgehead atoms. The van der Waals surface area contributed by atoms with Crippen LogP contribution in [0.15, 0.2) is 0 Å². The predicted octanol–water partition coefficient (Wildman–Crippen LogP) is 3.52. The van der Waals surface area contributed by atoms with E-state index in [2.05, 4.69) is 0 Å². The second kappa shape index (κ2) is 5.28. The molecule has 0 aliphatic heterocycles. The summed E-state index contributed by atoms with van der Waals surface area (Å²) in [5, 5.41) is 10.4. The molecule has 0 radical (unpaired) electrons. The van der Waals surface area contributed by atoms with Crippen LogP contribution in [0.4, 0.5) is 4.39 Å². The molecule has 0 aromatic heterocycles. The van der Waals surface area contributed by atoms with Gasteiger partial charge in [-0.15, -0.1) is 0 Å². The molecular formula is C15H27FO2. The van der Waals surface area contributed by atoms with Crippen molar-refractivity contribution in [1.82, 2.24) is 0 Å². The Bertz CT molecular complexity index is 298. The molecule has 1 saturated carbocycles. The fraction of sp³-hybridized carbons (Fsp3) is 0.933. The van der Waals surface area contributed by atoms with Crippen LogP contribution >= 0.6 is 0 Å². The summed E-state index contributed by atoms with van der Waals surface area (Å²) in [6.07, 6.45) is 1.65. The smallest absolute Gasteiger partial charge is 0.143 e. The monoisotopic (exact) mass is 258 g/mol. The standard InChI is InChI=1S/C15H27FO2/c1-10(2)12(17)14(3,4)13(18)11-6-8-15(5,16)9-7-11/h10-11,13,18H,6-9H2,1-5H3. The molecule has 0 spiro atoms. The van der Waals surface area contributed by atoms with E-state index in [0.29, 0.717) is 25.7 Å². The number of Topliss-reactive ketones (excluding diaryl/α,β-unsaturated/α-hetero) is 1. The highest BCUT2D eigenvalue weighted by molar-refractivity contribution is 5.86. The van der Waals surface area contributed by atoms with Crippen molar-refractivity contribution in [2.75, 3.05) is 0 Å². The highest BCUT2D eigenvalue weighted by atomic mass is 19.1. The first kappa shape index (κ1) is 15.6. The Morgan fingerprint density at radius 2 is 1.78 bits per heavy atom. The molecule has 2 nitrogen and oxygen atoms in total. The number of ketones is 1. The van der Waals surface area contributed by atoms with Gasteiger partial charge in [-0.2, -0.15) is 0 Å². The van der Waals surface area contributed by atoms with Crippen molar-refractivity contribution in [2.24, 2.45) is 17.3 Å². The quantitative estimate of drug-likeness (QED) is 0.837. The summed E-state index contributed by atoms with van der Waals surface area (Å²) in [7, 11) is 0. The highest BCUT2D eigenvalue weighted by Gasteiger charge is 2.43. The van der Waals surface area contributed by atoms with Gasteiger partial charge in [-0.1, -0.05) is 27.7 Å². The van der Waals surface area contributed by atoms with Gasteiger partial charge in [0.1, 0.15) is 11.5 Å². The van der Waals surface area contributed by atoms with Gasteiger partial charge in [0, 0.05) is 11.3 Å². The number of aliphatic hydroxyl groups excluding tert-OH is 1. The molecule has 106 valence electrons. The summed E-state index contributed by atoms with van der Waals surface area (Å²) in [6, 6.07) is 0. The zero-order chi connectivity index (χ0) is 14.1. The number of hydrogen-bond donors (Lipinski definition) is 1. The first-order valence-electron chi connectivity index (χ1n) is 6.99. The van der Waals surface area contributed by atoms with E-state index in [0.717, 1.165) is 0 Å². The summed E-state index contributed by atoms with van der Waals surface area (Å²) in [4.78, 5) is 12.1. The molecule has 1 aliphatic rings. The molecule has 1 aliphatic carbocycles. The molecule has 0 saturated heterocycles. The average molecular weight is 258 g/mol. The molecule has 0 aromatic rings. The molecule has 0 amide bonds. The maximum absolute atomic E-state index is 13.7. The molecule has 3 heteroatoms. The fourth-order valence-electron chi connectivity index (χ4n) is 3.04. The van der Waals surface area contributed by atoms with Crippen molar-refractivity contribution < 1.29 is 14.3 Å². The van der Waals surface area contributed by atoms with Crippen LogP contribution in [0.3, 0.4) is 0 Å². The van der Waals surface area contributed by atoms with Crippen LogP contribution in [0.1, 0.15) is 60.3 Å². The number of carbonyl (C=O) groups is 1. The first-order chi connectivity index (χ1) is 8.08. The molecule has 1 atom stereocenters. The van der Waals surface area contributed by atoms with Gasteiger partial charge in [-0.3, -0.25) is 4.79 Å². The van der Waals surface area contributed by atoms with E-state index < -0.39 is 17.2 Å². The lowest BCUT2D eigenvalue weighted by atomic mass is 9.68. The Morgan fingerprint density at radius 1 is 1.33 bits per heavy atom. The highest BCUT2D eigenvalue weighted by Crippen LogP contribution is 2.41. The van der Waals surface area contributed by atoms with Crippen molar-refractivity contribution in [3.63, 3.8) is 0 Å². The van der Waals surface area contributed by atoms with E-state index in [1.54, 1.807) is 6.92 Å². The van der Waals surface area contributed by atoms with Gasteiger partial charge in [0.15, 0.2) is 0 Å². The molecule has 0 aromatic carbocycles. The number of aliphatic hydroxyl groups is 1. The van der Waals surface area contributed by atoms with Crippen LogP contribution in [0.25, 0.3) is 0 Å². The third kappa shape index (κ3) is 3.31. The van der Waals surface area contributed by atoms with E-state index in [-0.39, 0.29) is 17.6 Å². The van der Waals surface area contributed by atoms with Gasteiger partial charge in [0.2, 0.25) is 0 Å². The molecule has 0 heterocycles. The van der Waals surface area contributed by atoms with Crippen molar-refractivity contribution in [1.29, 1.82) is 0 Å². The number of rotatable bonds is 4. The lowest BCUT2D eigenvalue weighted by Crippen LogP contribution is -2.45. The van der Waals surface area contributed by atoms with Gasteiger partial charge in [0.05, 0.1) is 6.10 Å². The average Bonchev–Trinajstić information content (AvgIpc) is 2.26. The molecular weight excluding hydrogens is 231 g/mol. The van der Waals surface area contributed by atoms with E-state index in [9.17, 15) is 14.3 Å². The molecule has 1 fully saturated rings. The maximum Gasteiger partial charge on any atom is 0.143 e. The Kier molecular flexibility index (Phi) is 4.58. The molecule has 1 N–H and O–H groups in total.